The van der Waals surface area contributed by atoms with Crippen molar-refractivity contribution in [1.82, 2.24) is 19.6 Å². The molecule has 6 heteroatoms. The van der Waals surface area contributed by atoms with Gasteiger partial charge in [0.1, 0.15) is 0 Å². The molecule has 0 bridgehead atoms. The predicted octanol–water partition coefficient (Wildman–Crippen LogP) is 4.33. The summed E-state index contributed by atoms with van der Waals surface area (Å²) in [5.41, 5.74) is 3.63. The van der Waals surface area contributed by atoms with Gasteiger partial charge in [0, 0.05) is 28.2 Å². The number of pyridine rings is 1. The van der Waals surface area contributed by atoms with E-state index in [4.69, 9.17) is 0 Å². The molecule has 0 aliphatic carbocycles. The summed E-state index contributed by atoms with van der Waals surface area (Å²) < 4.78 is 1.82. The highest BCUT2D eigenvalue weighted by molar-refractivity contribution is 5.91. The molecule has 26 heavy (non-hydrogen) atoms. The van der Waals surface area contributed by atoms with Crippen molar-refractivity contribution < 1.29 is 5.11 Å². The van der Waals surface area contributed by atoms with Gasteiger partial charge in [0.15, 0.2) is 11.5 Å². The summed E-state index contributed by atoms with van der Waals surface area (Å²) in [7, 11) is 0. The summed E-state index contributed by atoms with van der Waals surface area (Å²) in [6.07, 6.45) is 1.79. The van der Waals surface area contributed by atoms with Gasteiger partial charge >= 0.3 is 0 Å². The van der Waals surface area contributed by atoms with Gasteiger partial charge < -0.3 is 15.4 Å². The van der Waals surface area contributed by atoms with E-state index in [2.05, 4.69) is 20.4 Å². The molecule has 0 radical (unpaired) electrons. The Morgan fingerprint density at radius 3 is 2.73 bits per heavy atom. The molecule has 0 spiro atoms. The monoisotopic (exact) mass is 341 g/mol. The lowest BCUT2D eigenvalue weighted by molar-refractivity contribution is 0.462. The SMILES string of the molecule is Oc1[nH]cc2cc(-c3cccc4nc(Nc5ccccc5)nn34)ccc12. The third-order valence-corrected chi connectivity index (χ3v) is 4.36. The van der Waals surface area contributed by atoms with Crippen LogP contribution >= 0.6 is 0 Å². The first-order valence-corrected chi connectivity index (χ1v) is 8.26. The molecule has 6 nitrogen and oxygen atoms in total. The zero-order valence-corrected chi connectivity index (χ0v) is 13.7. The molecule has 0 fully saturated rings. The van der Waals surface area contributed by atoms with Gasteiger partial charge in [-0.25, -0.2) is 4.52 Å². The molecule has 5 aromatic rings. The molecule has 3 N–H and O–H groups in total. The third kappa shape index (κ3) is 2.36. The van der Waals surface area contributed by atoms with Crippen molar-refractivity contribution in [3.63, 3.8) is 0 Å². The van der Waals surface area contributed by atoms with Crippen LogP contribution in [0.25, 0.3) is 27.7 Å². The van der Waals surface area contributed by atoms with E-state index in [1.807, 2.05) is 71.2 Å². The lowest BCUT2D eigenvalue weighted by atomic mass is 10.1. The van der Waals surface area contributed by atoms with Crippen molar-refractivity contribution >= 4 is 28.1 Å². The highest BCUT2D eigenvalue weighted by atomic mass is 16.3. The number of nitrogens with zero attached hydrogens (tertiary/aromatic N) is 3. The maximum absolute atomic E-state index is 9.80. The van der Waals surface area contributed by atoms with E-state index < -0.39 is 0 Å². The second-order valence-corrected chi connectivity index (χ2v) is 6.05. The second-order valence-electron chi connectivity index (χ2n) is 6.05. The number of para-hydroxylation sites is 1. The Hall–Kier alpha value is -3.80. The third-order valence-electron chi connectivity index (χ3n) is 4.36. The number of benzene rings is 2. The zero-order chi connectivity index (χ0) is 17.5. The van der Waals surface area contributed by atoms with Gasteiger partial charge in [0.05, 0.1) is 5.69 Å². The minimum Gasteiger partial charge on any atom is -0.494 e. The molecule has 0 saturated carbocycles. The van der Waals surface area contributed by atoms with Crippen LogP contribution in [0.2, 0.25) is 0 Å². The van der Waals surface area contributed by atoms with E-state index in [0.717, 1.165) is 33.4 Å². The molecule has 2 aromatic carbocycles. The van der Waals surface area contributed by atoms with Gasteiger partial charge in [0.2, 0.25) is 5.95 Å². The lowest BCUT2D eigenvalue weighted by Crippen LogP contribution is -1.95. The van der Waals surface area contributed by atoms with Gasteiger partial charge in [-0.1, -0.05) is 30.3 Å². The molecule has 126 valence electrons. The average molecular weight is 341 g/mol. The molecule has 0 unspecified atom stereocenters. The molecular formula is C20H15N5O. The van der Waals surface area contributed by atoms with E-state index in [-0.39, 0.29) is 5.88 Å². The number of aromatic nitrogens is 4. The van der Waals surface area contributed by atoms with Crippen molar-refractivity contribution in [2.24, 2.45) is 0 Å². The fraction of sp³-hybridized carbons (Fsp3) is 0. The normalized spacial score (nSPS) is 11.2. The summed E-state index contributed by atoms with van der Waals surface area (Å²) in [6.45, 7) is 0. The van der Waals surface area contributed by atoms with Crippen molar-refractivity contribution in [2.75, 3.05) is 5.32 Å². The molecule has 0 aliphatic rings. The Morgan fingerprint density at radius 1 is 0.962 bits per heavy atom. The van der Waals surface area contributed by atoms with Crippen LogP contribution in [0.4, 0.5) is 11.6 Å². The van der Waals surface area contributed by atoms with Crippen LogP contribution in [0.5, 0.6) is 5.88 Å². The number of rotatable bonds is 3. The number of H-pyrrole nitrogens is 1. The smallest absolute Gasteiger partial charge is 0.247 e. The Bertz CT molecular complexity index is 1220. The number of hydrogen-bond acceptors (Lipinski definition) is 4. The number of aromatic amines is 1. The van der Waals surface area contributed by atoms with Gasteiger partial charge in [-0.2, -0.15) is 4.98 Å². The van der Waals surface area contributed by atoms with E-state index in [1.165, 1.54) is 0 Å². The predicted molar refractivity (Wildman–Crippen MR) is 102 cm³/mol. The summed E-state index contributed by atoms with van der Waals surface area (Å²) in [4.78, 5) is 7.39. The molecule has 0 aliphatic heterocycles. The maximum Gasteiger partial charge on any atom is 0.247 e. The summed E-state index contributed by atoms with van der Waals surface area (Å²) in [5, 5.41) is 19.4. The summed E-state index contributed by atoms with van der Waals surface area (Å²) >= 11 is 0. The Morgan fingerprint density at radius 2 is 1.85 bits per heavy atom. The Balaban J connectivity index is 1.60. The summed E-state index contributed by atoms with van der Waals surface area (Å²) in [5.74, 6) is 0.726. The molecule has 0 saturated heterocycles. The van der Waals surface area contributed by atoms with Crippen LogP contribution in [-0.2, 0) is 0 Å². The highest BCUT2D eigenvalue weighted by Gasteiger charge is 2.10. The molecule has 3 heterocycles. The second kappa shape index (κ2) is 5.63. The van der Waals surface area contributed by atoms with Crippen LogP contribution in [0.1, 0.15) is 0 Å². The molecule has 0 amide bonds. The summed E-state index contributed by atoms with van der Waals surface area (Å²) in [6, 6.07) is 21.6. The lowest BCUT2D eigenvalue weighted by Gasteiger charge is -2.04. The first-order valence-electron chi connectivity index (χ1n) is 8.26. The minimum absolute atomic E-state index is 0.180. The molecule has 0 atom stereocenters. The van der Waals surface area contributed by atoms with Gasteiger partial charge in [-0.15, -0.1) is 5.10 Å². The quantitative estimate of drug-likeness (QED) is 0.456. The minimum atomic E-state index is 0.180. The van der Waals surface area contributed by atoms with E-state index in [0.29, 0.717) is 5.95 Å². The highest BCUT2D eigenvalue weighted by Crippen LogP contribution is 2.29. The van der Waals surface area contributed by atoms with E-state index in [9.17, 15) is 5.11 Å². The van der Waals surface area contributed by atoms with Gasteiger partial charge in [0.25, 0.3) is 0 Å². The zero-order valence-electron chi connectivity index (χ0n) is 13.7. The first-order chi connectivity index (χ1) is 12.8. The van der Waals surface area contributed by atoms with Crippen LogP contribution in [0.15, 0.2) is 72.9 Å². The van der Waals surface area contributed by atoms with Gasteiger partial charge in [-0.3, -0.25) is 0 Å². The van der Waals surface area contributed by atoms with E-state index in [1.54, 1.807) is 6.20 Å². The maximum atomic E-state index is 9.80. The van der Waals surface area contributed by atoms with Crippen LogP contribution in [-0.4, -0.2) is 24.7 Å². The first kappa shape index (κ1) is 14.5. The van der Waals surface area contributed by atoms with Crippen molar-refractivity contribution in [2.45, 2.75) is 0 Å². The van der Waals surface area contributed by atoms with Crippen LogP contribution in [0, 0.1) is 0 Å². The van der Waals surface area contributed by atoms with Crippen LogP contribution < -0.4 is 5.32 Å². The average Bonchev–Trinajstić information content (AvgIpc) is 3.25. The Labute approximate surface area is 148 Å². The molecule has 5 rings (SSSR count). The van der Waals surface area contributed by atoms with Gasteiger partial charge in [-0.05, 0) is 36.4 Å². The van der Waals surface area contributed by atoms with Crippen molar-refractivity contribution in [1.29, 1.82) is 0 Å². The number of fused-ring (bicyclic) bond motifs is 2. The number of aromatic hydroxyl groups is 1. The largest absolute Gasteiger partial charge is 0.494 e. The van der Waals surface area contributed by atoms with Crippen molar-refractivity contribution in [3.05, 3.63) is 72.9 Å². The molecular weight excluding hydrogens is 326 g/mol. The van der Waals surface area contributed by atoms with E-state index >= 15 is 0 Å². The topological polar surface area (TPSA) is 78.2 Å². The molecule has 3 aromatic heterocycles. The Kier molecular flexibility index (Phi) is 3.15. The fourth-order valence-corrected chi connectivity index (χ4v) is 3.11. The van der Waals surface area contributed by atoms with Crippen molar-refractivity contribution in [3.8, 4) is 17.1 Å². The number of anilines is 2. The number of hydrogen-bond donors (Lipinski definition) is 3. The van der Waals surface area contributed by atoms with Crippen LogP contribution in [0.3, 0.4) is 0 Å². The standard InChI is InChI=1S/C20H15N5O/c26-19-16-10-9-13(11-14(16)12-21-19)17-7-4-8-18-23-20(24-25(17)18)22-15-5-2-1-3-6-15/h1-12,21,26H,(H,22,24). The fourth-order valence-electron chi connectivity index (χ4n) is 3.11. The number of nitrogens with one attached hydrogen (secondary N) is 2.